The van der Waals surface area contributed by atoms with Gasteiger partial charge in [-0.15, -0.1) is 0 Å². The Kier molecular flexibility index (Phi) is 4.63. The second-order valence-corrected chi connectivity index (χ2v) is 5.82. The van der Waals surface area contributed by atoms with Gasteiger partial charge in [0.1, 0.15) is 5.92 Å². The molecule has 0 radical (unpaired) electrons. The Balaban J connectivity index is 2.07. The van der Waals surface area contributed by atoms with Gasteiger partial charge in [0.05, 0.1) is 0 Å². The van der Waals surface area contributed by atoms with Crippen molar-refractivity contribution in [1.29, 1.82) is 0 Å². The van der Waals surface area contributed by atoms with Gasteiger partial charge in [-0.3, -0.25) is 19.8 Å². The molecule has 4 amide bonds. The highest BCUT2D eigenvalue weighted by Gasteiger charge is 2.41. The van der Waals surface area contributed by atoms with E-state index in [1.165, 1.54) is 0 Å². The lowest BCUT2D eigenvalue weighted by atomic mass is 9.92. The van der Waals surface area contributed by atoms with E-state index in [4.69, 9.17) is 11.6 Å². The lowest BCUT2D eigenvalue weighted by Gasteiger charge is -2.31. The fourth-order valence-electron chi connectivity index (χ4n) is 2.32. The molecule has 1 heterocycles. The van der Waals surface area contributed by atoms with E-state index in [-0.39, 0.29) is 12.5 Å². The maximum Gasteiger partial charge on any atom is 0.330 e. The molecule has 1 atom stereocenters. The highest BCUT2D eigenvalue weighted by atomic mass is 35.5. The van der Waals surface area contributed by atoms with Crippen molar-refractivity contribution in [2.75, 3.05) is 6.54 Å². The first-order valence-corrected chi connectivity index (χ1v) is 7.18. The Morgan fingerprint density at radius 3 is 2.38 bits per heavy atom. The van der Waals surface area contributed by atoms with Gasteiger partial charge in [-0.1, -0.05) is 37.6 Å². The van der Waals surface area contributed by atoms with Crippen molar-refractivity contribution in [2.45, 2.75) is 20.3 Å². The quantitative estimate of drug-likeness (QED) is 0.867. The van der Waals surface area contributed by atoms with Crippen molar-refractivity contribution >= 4 is 29.4 Å². The number of barbiturate groups is 1. The van der Waals surface area contributed by atoms with Gasteiger partial charge in [0.2, 0.25) is 11.8 Å². The summed E-state index contributed by atoms with van der Waals surface area (Å²) in [6.07, 6.45) is 0.523. The van der Waals surface area contributed by atoms with Crippen molar-refractivity contribution in [2.24, 2.45) is 11.8 Å². The van der Waals surface area contributed by atoms with E-state index in [1.54, 1.807) is 26.0 Å². The molecule has 0 bridgehead atoms. The third-order valence-corrected chi connectivity index (χ3v) is 3.75. The molecule has 1 aromatic carbocycles. The average Bonchev–Trinajstić information content (AvgIpc) is 2.39. The molecule has 1 aliphatic rings. The van der Waals surface area contributed by atoms with Crippen LogP contribution in [0.2, 0.25) is 5.02 Å². The molecule has 1 unspecified atom stereocenters. The summed E-state index contributed by atoms with van der Waals surface area (Å²) < 4.78 is 0. The summed E-state index contributed by atoms with van der Waals surface area (Å²) in [5, 5.41) is 2.88. The topological polar surface area (TPSA) is 66.5 Å². The lowest BCUT2D eigenvalue weighted by molar-refractivity contribution is -0.144. The van der Waals surface area contributed by atoms with E-state index in [9.17, 15) is 14.4 Å². The molecular formula is C15H17ClN2O3. The molecule has 0 aliphatic carbocycles. The van der Waals surface area contributed by atoms with Crippen molar-refractivity contribution in [3.05, 3.63) is 34.9 Å². The predicted molar refractivity (Wildman–Crippen MR) is 78.7 cm³/mol. The van der Waals surface area contributed by atoms with Crippen molar-refractivity contribution < 1.29 is 14.4 Å². The Hall–Kier alpha value is -1.88. The predicted octanol–water partition coefficient (Wildman–Crippen LogP) is 2.23. The van der Waals surface area contributed by atoms with Crippen molar-refractivity contribution in [3.8, 4) is 0 Å². The molecule has 1 saturated heterocycles. The Labute approximate surface area is 128 Å². The number of hydrogen-bond acceptors (Lipinski definition) is 3. The largest absolute Gasteiger partial charge is 0.330 e. The number of nitrogens with zero attached hydrogens (tertiary/aromatic N) is 1. The highest BCUT2D eigenvalue weighted by Crippen LogP contribution is 2.19. The van der Waals surface area contributed by atoms with E-state index < -0.39 is 23.8 Å². The van der Waals surface area contributed by atoms with Crippen LogP contribution < -0.4 is 5.32 Å². The average molecular weight is 309 g/mol. The number of amides is 4. The zero-order valence-corrected chi connectivity index (χ0v) is 12.7. The summed E-state index contributed by atoms with van der Waals surface area (Å²) in [6.45, 7) is 3.81. The van der Waals surface area contributed by atoms with Crippen LogP contribution in [0.15, 0.2) is 24.3 Å². The number of urea groups is 1. The summed E-state index contributed by atoms with van der Waals surface area (Å²) in [6, 6.07) is 6.57. The zero-order valence-electron chi connectivity index (χ0n) is 11.9. The van der Waals surface area contributed by atoms with Crippen LogP contribution in [0.3, 0.4) is 0 Å². The summed E-state index contributed by atoms with van der Waals surface area (Å²) >= 11 is 5.81. The van der Waals surface area contributed by atoms with Crippen LogP contribution in [0, 0.1) is 11.8 Å². The van der Waals surface area contributed by atoms with Crippen LogP contribution in [0.1, 0.15) is 19.4 Å². The molecule has 0 saturated carbocycles. The smallest absolute Gasteiger partial charge is 0.277 e. The molecule has 5 nitrogen and oxygen atoms in total. The van der Waals surface area contributed by atoms with Crippen molar-refractivity contribution in [1.82, 2.24) is 10.2 Å². The number of carbonyl (C=O) groups is 3. The van der Waals surface area contributed by atoms with Crippen LogP contribution in [0.25, 0.3) is 0 Å². The molecule has 1 N–H and O–H groups in total. The molecule has 6 heteroatoms. The highest BCUT2D eigenvalue weighted by molar-refractivity contribution is 6.30. The zero-order chi connectivity index (χ0) is 15.6. The second-order valence-electron chi connectivity index (χ2n) is 5.38. The van der Waals surface area contributed by atoms with Gasteiger partial charge in [-0.05, 0) is 30.0 Å². The Morgan fingerprint density at radius 1 is 1.19 bits per heavy atom. The van der Waals surface area contributed by atoms with Gasteiger partial charge in [0.15, 0.2) is 0 Å². The van der Waals surface area contributed by atoms with E-state index in [0.717, 1.165) is 10.5 Å². The number of imide groups is 2. The van der Waals surface area contributed by atoms with Crippen LogP contribution in [-0.4, -0.2) is 29.3 Å². The maximum atomic E-state index is 12.3. The van der Waals surface area contributed by atoms with Gasteiger partial charge in [0.25, 0.3) is 0 Å². The van der Waals surface area contributed by atoms with Crippen LogP contribution in [-0.2, 0) is 16.0 Å². The monoisotopic (exact) mass is 308 g/mol. The fourth-order valence-corrected chi connectivity index (χ4v) is 2.45. The minimum absolute atomic E-state index is 0.149. The fraction of sp³-hybridized carbons (Fsp3) is 0.400. The van der Waals surface area contributed by atoms with Gasteiger partial charge in [0, 0.05) is 11.6 Å². The molecule has 0 spiro atoms. The van der Waals surface area contributed by atoms with Gasteiger partial charge in [-0.2, -0.15) is 0 Å². The minimum atomic E-state index is -0.798. The van der Waals surface area contributed by atoms with E-state index in [1.807, 2.05) is 12.1 Å². The summed E-state index contributed by atoms with van der Waals surface area (Å²) in [7, 11) is 0. The SMILES string of the molecule is CC(C)C1C(=O)NC(=O)N(CCc2ccc(Cl)cc2)C1=O. The van der Waals surface area contributed by atoms with Crippen LogP contribution in [0.5, 0.6) is 0 Å². The van der Waals surface area contributed by atoms with Crippen LogP contribution >= 0.6 is 11.6 Å². The Morgan fingerprint density at radius 2 is 1.81 bits per heavy atom. The summed E-state index contributed by atoms with van der Waals surface area (Å²) in [5.74, 6) is -1.88. The van der Waals surface area contributed by atoms with Crippen molar-refractivity contribution in [3.63, 3.8) is 0 Å². The number of hydrogen-bond donors (Lipinski definition) is 1. The lowest BCUT2D eigenvalue weighted by Crippen LogP contribution is -2.59. The molecule has 0 aromatic heterocycles. The third-order valence-electron chi connectivity index (χ3n) is 3.49. The van der Waals surface area contributed by atoms with Gasteiger partial charge < -0.3 is 0 Å². The molecule has 21 heavy (non-hydrogen) atoms. The Bertz CT molecular complexity index is 569. The minimum Gasteiger partial charge on any atom is -0.277 e. The van der Waals surface area contributed by atoms with E-state index in [0.29, 0.717) is 11.4 Å². The van der Waals surface area contributed by atoms with Crippen LogP contribution in [0.4, 0.5) is 4.79 Å². The number of carbonyl (C=O) groups excluding carboxylic acids is 3. The summed E-state index contributed by atoms with van der Waals surface area (Å²) in [4.78, 5) is 36.9. The van der Waals surface area contributed by atoms with Gasteiger partial charge in [-0.25, -0.2) is 4.79 Å². The van der Waals surface area contributed by atoms with E-state index >= 15 is 0 Å². The molecular weight excluding hydrogens is 292 g/mol. The third kappa shape index (κ3) is 3.42. The second kappa shape index (κ2) is 6.26. The number of nitrogens with one attached hydrogen (secondary N) is 1. The molecule has 1 fully saturated rings. The normalized spacial score (nSPS) is 19.1. The molecule has 1 aromatic rings. The first kappa shape index (κ1) is 15.5. The summed E-state index contributed by atoms with van der Waals surface area (Å²) in [5.41, 5.74) is 0.970. The first-order valence-electron chi connectivity index (χ1n) is 6.81. The molecule has 112 valence electrons. The number of benzene rings is 1. The van der Waals surface area contributed by atoms with Gasteiger partial charge >= 0.3 is 6.03 Å². The number of rotatable bonds is 4. The first-order chi connectivity index (χ1) is 9.90. The molecule has 1 aliphatic heterocycles. The van der Waals surface area contributed by atoms with E-state index in [2.05, 4.69) is 5.32 Å². The maximum absolute atomic E-state index is 12.3. The molecule has 2 rings (SSSR count). The standard InChI is InChI=1S/C15H17ClN2O3/c1-9(2)12-13(19)17-15(21)18(14(12)20)8-7-10-3-5-11(16)6-4-10/h3-6,9,12H,7-8H2,1-2H3,(H,17,19,21). The number of halogens is 1.